The lowest BCUT2D eigenvalue weighted by Gasteiger charge is -2.18. The molecule has 9 heteroatoms. The van der Waals surface area contributed by atoms with Gasteiger partial charge in [0.05, 0.1) is 16.6 Å². The molecule has 1 aromatic rings. The third-order valence-electron chi connectivity index (χ3n) is 3.30. The van der Waals surface area contributed by atoms with E-state index in [1.807, 2.05) is 12.3 Å². The van der Waals surface area contributed by atoms with Crippen LogP contribution in [0.3, 0.4) is 0 Å². The average molecular weight is 335 g/mol. The van der Waals surface area contributed by atoms with Crippen molar-refractivity contribution in [2.24, 2.45) is 5.92 Å². The summed E-state index contributed by atoms with van der Waals surface area (Å²) >= 11 is 1.51. The molecular weight excluding hydrogens is 319 g/mol. The molecule has 0 unspecified atom stereocenters. The number of thiazole rings is 1. The molecule has 0 aliphatic carbocycles. The van der Waals surface area contributed by atoms with Crippen molar-refractivity contribution < 1.29 is 22.8 Å². The van der Waals surface area contributed by atoms with Gasteiger partial charge in [-0.3, -0.25) is 9.59 Å². The summed E-state index contributed by atoms with van der Waals surface area (Å²) in [6.07, 6.45) is -4.05. The van der Waals surface area contributed by atoms with Crippen LogP contribution >= 0.6 is 11.3 Å². The van der Waals surface area contributed by atoms with Crippen LogP contribution in [-0.4, -0.2) is 47.5 Å². The fourth-order valence-electron chi connectivity index (χ4n) is 2.30. The van der Waals surface area contributed by atoms with Crippen LogP contribution < -0.4 is 5.32 Å². The molecule has 22 heavy (non-hydrogen) atoms. The number of likely N-dealkylation sites (tertiary alicyclic amines) is 1. The van der Waals surface area contributed by atoms with Gasteiger partial charge in [0.1, 0.15) is 6.54 Å². The van der Waals surface area contributed by atoms with Gasteiger partial charge in [-0.15, -0.1) is 11.3 Å². The summed E-state index contributed by atoms with van der Waals surface area (Å²) in [5, 5.41) is 5.48. The number of rotatable bonds is 5. The molecule has 0 radical (unpaired) electrons. The maximum atomic E-state index is 12.3. The lowest BCUT2D eigenvalue weighted by molar-refractivity contribution is -0.157. The lowest BCUT2D eigenvalue weighted by atomic mass is 10.1. The Kier molecular flexibility index (Phi) is 5.05. The average Bonchev–Trinajstić information content (AvgIpc) is 2.95. The Balaban J connectivity index is 1.77. The molecule has 0 saturated carbocycles. The largest absolute Gasteiger partial charge is 0.406 e. The molecule has 2 amide bonds. The van der Waals surface area contributed by atoms with E-state index >= 15 is 0 Å². The van der Waals surface area contributed by atoms with Gasteiger partial charge < -0.3 is 10.2 Å². The second-order valence-electron chi connectivity index (χ2n) is 5.19. The zero-order valence-corrected chi connectivity index (χ0v) is 12.8. The minimum absolute atomic E-state index is 0.169. The Morgan fingerprint density at radius 3 is 2.86 bits per heavy atom. The molecule has 1 aliphatic rings. The van der Waals surface area contributed by atoms with Crippen LogP contribution in [0.1, 0.15) is 17.1 Å². The zero-order valence-electron chi connectivity index (χ0n) is 11.9. The highest BCUT2D eigenvalue weighted by Gasteiger charge is 2.40. The van der Waals surface area contributed by atoms with Gasteiger partial charge in [-0.1, -0.05) is 0 Å². The molecule has 0 aromatic carbocycles. The molecule has 1 atom stereocenters. The van der Waals surface area contributed by atoms with Gasteiger partial charge in [-0.05, 0) is 6.92 Å². The Hall–Kier alpha value is -1.64. The Labute approximate surface area is 129 Å². The number of halogens is 3. The number of hydrogen-bond acceptors (Lipinski definition) is 4. The zero-order chi connectivity index (χ0) is 16.3. The lowest BCUT2D eigenvalue weighted by Crippen LogP contribution is -2.37. The maximum Gasteiger partial charge on any atom is 0.406 e. The first-order valence-corrected chi connectivity index (χ1v) is 7.66. The molecule has 1 fully saturated rings. The van der Waals surface area contributed by atoms with Crippen molar-refractivity contribution in [1.29, 1.82) is 0 Å². The van der Waals surface area contributed by atoms with E-state index in [1.54, 1.807) is 0 Å². The van der Waals surface area contributed by atoms with E-state index in [-0.39, 0.29) is 18.9 Å². The predicted octanol–water partition coefficient (Wildman–Crippen LogP) is 1.52. The number of alkyl halides is 3. The van der Waals surface area contributed by atoms with Crippen molar-refractivity contribution in [3.05, 3.63) is 16.1 Å². The molecule has 1 saturated heterocycles. The number of carbonyl (C=O) groups excluding carboxylic acids is 2. The molecule has 2 heterocycles. The standard InChI is InChI=1S/C13H16F3N3O2S/c1-8-18-10(6-22-8)2-3-17-12(21)9-4-11(20)19(5-9)7-13(14,15)16/h6,9H,2-5,7H2,1H3,(H,17,21)/t9-/m0/s1. The van der Waals surface area contributed by atoms with E-state index in [4.69, 9.17) is 0 Å². The van der Waals surface area contributed by atoms with Crippen molar-refractivity contribution in [1.82, 2.24) is 15.2 Å². The van der Waals surface area contributed by atoms with Crippen LogP contribution in [0.15, 0.2) is 5.38 Å². The van der Waals surface area contributed by atoms with E-state index in [2.05, 4.69) is 10.3 Å². The summed E-state index contributed by atoms with van der Waals surface area (Å²) in [6, 6.07) is 0. The SMILES string of the molecule is Cc1nc(CCNC(=O)[C@H]2CC(=O)N(CC(F)(F)F)C2)cs1. The second-order valence-corrected chi connectivity index (χ2v) is 6.25. The number of aromatic nitrogens is 1. The van der Waals surface area contributed by atoms with Crippen LogP contribution in [0, 0.1) is 12.8 Å². The van der Waals surface area contributed by atoms with Crippen LogP contribution in [-0.2, 0) is 16.0 Å². The summed E-state index contributed by atoms with van der Waals surface area (Å²) in [5.41, 5.74) is 0.865. The molecule has 5 nitrogen and oxygen atoms in total. The van der Waals surface area contributed by atoms with E-state index in [1.165, 1.54) is 11.3 Å². The minimum Gasteiger partial charge on any atom is -0.355 e. The van der Waals surface area contributed by atoms with Crippen LogP contribution in [0.2, 0.25) is 0 Å². The highest BCUT2D eigenvalue weighted by molar-refractivity contribution is 7.09. The van der Waals surface area contributed by atoms with Gasteiger partial charge in [-0.25, -0.2) is 4.98 Å². The monoisotopic (exact) mass is 335 g/mol. The molecule has 0 bridgehead atoms. The summed E-state index contributed by atoms with van der Waals surface area (Å²) < 4.78 is 36.9. The van der Waals surface area contributed by atoms with Crippen molar-refractivity contribution in [2.75, 3.05) is 19.6 Å². The molecule has 1 N–H and O–H groups in total. The van der Waals surface area contributed by atoms with E-state index in [0.717, 1.165) is 10.7 Å². The number of aryl methyl sites for hydroxylation is 1. The van der Waals surface area contributed by atoms with Gasteiger partial charge in [-0.2, -0.15) is 13.2 Å². The van der Waals surface area contributed by atoms with Crippen LogP contribution in [0.4, 0.5) is 13.2 Å². The third kappa shape index (κ3) is 4.69. The smallest absolute Gasteiger partial charge is 0.355 e. The molecule has 1 aliphatic heterocycles. The van der Waals surface area contributed by atoms with Gasteiger partial charge in [0.2, 0.25) is 11.8 Å². The summed E-state index contributed by atoms with van der Waals surface area (Å²) in [5.74, 6) is -1.73. The molecule has 122 valence electrons. The minimum atomic E-state index is -4.44. The first-order valence-electron chi connectivity index (χ1n) is 6.78. The Morgan fingerprint density at radius 2 is 2.27 bits per heavy atom. The summed E-state index contributed by atoms with van der Waals surface area (Å²) in [7, 11) is 0. The number of nitrogens with one attached hydrogen (secondary N) is 1. The maximum absolute atomic E-state index is 12.3. The highest BCUT2D eigenvalue weighted by atomic mass is 32.1. The number of amides is 2. The molecule has 1 aromatic heterocycles. The second kappa shape index (κ2) is 6.64. The van der Waals surface area contributed by atoms with E-state index in [9.17, 15) is 22.8 Å². The van der Waals surface area contributed by atoms with Gasteiger partial charge in [0, 0.05) is 31.3 Å². The quantitative estimate of drug-likeness (QED) is 0.887. The Bertz CT molecular complexity index is 559. The van der Waals surface area contributed by atoms with Gasteiger partial charge in [0.15, 0.2) is 0 Å². The topological polar surface area (TPSA) is 62.3 Å². The van der Waals surface area contributed by atoms with Crippen molar-refractivity contribution >= 4 is 23.2 Å². The molecular formula is C13H16F3N3O2S. The normalized spacial score (nSPS) is 18.8. The molecule has 0 spiro atoms. The molecule has 2 rings (SSSR count). The number of carbonyl (C=O) groups is 2. The summed E-state index contributed by atoms with van der Waals surface area (Å²) in [6.45, 7) is 0.756. The van der Waals surface area contributed by atoms with Crippen molar-refractivity contribution in [3.63, 3.8) is 0 Å². The van der Waals surface area contributed by atoms with E-state index < -0.39 is 24.5 Å². The third-order valence-corrected chi connectivity index (χ3v) is 4.12. The first kappa shape index (κ1) is 16.7. The van der Waals surface area contributed by atoms with Gasteiger partial charge in [0.25, 0.3) is 0 Å². The Morgan fingerprint density at radius 1 is 1.55 bits per heavy atom. The summed E-state index contributed by atoms with van der Waals surface area (Å²) in [4.78, 5) is 28.3. The van der Waals surface area contributed by atoms with Crippen LogP contribution in [0.5, 0.6) is 0 Å². The van der Waals surface area contributed by atoms with Crippen LogP contribution in [0.25, 0.3) is 0 Å². The van der Waals surface area contributed by atoms with Gasteiger partial charge >= 0.3 is 6.18 Å². The fraction of sp³-hybridized carbons (Fsp3) is 0.615. The number of nitrogens with zero attached hydrogens (tertiary/aromatic N) is 2. The fourth-order valence-corrected chi connectivity index (χ4v) is 2.95. The van der Waals surface area contributed by atoms with Crippen molar-refractivity contribution in [3.8, 4) is 0 Å². The van der Waals surface area contributed by atoms with Crippen molar-refractivity contribution in [2.45, 2.75) is 25.9 Å². The predicted molar refractivity (Wildman–Crippen MR) is 74.3 cm³/mol. The first-order chi connectivity index (χ1) is 10.2. The number of hydrogen-bond donors (Lipinski definition) is 1. The highest BCUT2D eigenvalue weighted by Crippen LogP contribution is 2.23. The van der Waals surface area contributed by atoms with E-state index in [0.29, 0.717) is 17.9 Å².